The Morgan fingerprint density at radius 2 is 2.11 bits per heavy atom. The van der Waals surface area contributed by atoms with Gasteiger partial charge in [0.2, 0.25) is 0 Å². The normalized spacial score (nSPS) is 10.8. The first-order valence-corrected chi connectivity index (χ1v) is 8.59. The van der Waals surface area contributed by atoms with Crippen LogP contribution in [0.4, 0.5) is 30.9 Å². The van der Waals surface area contributed by atoms with Gasteiger partial charge in [0.25, 0.3) is 0 Å². The number of rotatable bonds is 6. The quantitative estimate of drug-likeness (QED) is 0.540. The molecule has 8 nitrogen and oxygen atoms in total. The van der Waals surface area contributed by atoms with Gasteiger partial charge in [-0.05, 0) is 31.2 Å². The topological polar surface area (TPSA) is 92.3 Å². The van der Waals surface area contributed by atoms with Crippen LogP contribution in [0, 0.1) is 0 Å². The Morgan fingerprint density at radius 1 is 1.29 bits per heavy atom. The number of hydrogen-bond donors (Lipinski definition) is 3. The van der Waals surface area contributed by atoms with E-state index in [1.807, 2.05) is 0 Å². The fraction of sp³-hybridized carbons (Fsp3) is 0.176. The lowest BCUT2D eigenvalue weighted by molar-refractivity contribution is -0.0498. The van der Waals surface area contributed by atoms with Gasteiger partial charge in [0, 0.05) is 18.3 Å². The molecule has 0 aliphatic heterocycles. The first-order valence-electron chi connectivity index (χ1n) is 8.19. The maximum Gasteiger partial charge on any atom is 0.387 e. The van der Waals surface area contributed by atoms with Gasteiger partial charge in [-0.3, -0.25) is 0 Å². The van der Waals surface area contributed by atoms with Crippen LogP contribution in [0.15, 0.2) is 42.6 Å². The molecule has 0 spiro atoms. The monoisotopic (exact) mass is 406 g/mol. The largest absolute Gasteiger partial charge is 0.435 e. The van der Waals surface area contributed by atoms with E-state index in [1.165, 1.54) is 18.3 Å². The first kappa shape index (κ1) is 19.5. The number of carbonyl (C=O) groups excluding carboxylic acids is 1. The van der Waals surface area contributed by atoms with Gasteiger partial charge in [0.1, 0.15) is 17.1 Å². The van der Waals surface area contributed by atoms with Crippen LogP contribution in [-0.4, -0.2) is 34.1 Å². The summed E-state index contributed by atoms with van der Waals surface area (Å²) in [6.07, 6.45) is 1.41. The Labute approximate surface area is 164 Å². The van der Waals surface area contributed by atoms with E-state index >= 15 is 0 Å². The Bertz CT molecular complexity index is 991. The minimum atomic E-state index is -2.91. The number of urea groups is 1. The number of aromatic nitrogens is 3. The highest BCUT2D eigenvalue weighted by Crippen LogP contribution is 2.23. The molecule has 0 aliphatic carbocycles. The van der Waals surface area contributed by atoms with Crippen molar-refractivity contribution in [2.75, 3.05) is 16.2 Å². The number of anilines is 3. The van der Waals surface area contributed by atoms with Gasteiger partial charge in [-0.2, -0.15) is 8.78 Å². The molecule has 0 saturated carbocycles. The summed E-state index contributed by atoms with van der Waals surface area (Å²) in [7, 11) is 0. The lowest BCUT2D eigenvalue weighted by Gasteiger charge is -2.14. The molecule has 0 bridgehead atoms. The molecule has 3 rings (SSSR count). The third kappa shape index (κ3) is 4.74. The van der Waals surface area contributed by atoms with Crippen molar-refractivity contribution in [3.05, 3.63) is 42.6 Å². The average Bonchev–Trinajstić information content (AvgIpc) is 2.67. The third-order valence-corrected chi connectivity index (χ3v) is 3.85. The molecular weight excluding hydrogens is 390 g/mol. The lowest BCUT2D eigenvalue weighted by Crippen LogP contribution is -2.34. The van der Waals surface area contributed by atoms with E-state index in [-0.39, 0.29) is 17.2 Å². The summed E-state index contributed by atoms with van der Waals surface area (Å²) in [5, 5.41) is 5.59. The van der Waals surface area contributed by atoms with Crippen LogP contribution in [0.1, 0.15) is 6.92 Å². The number of halogens is 2. The fourth-order valence-electron chi connectivity index (χ4n) is 2.29. The smallest absolute Gasteiger partial charge is 0.387 e. The number of ether oxygens (including phenoxy) is 1. The van der Waals surface area contributed by atoms with Crippen LogP contribution in [0.25, 0.3) is 11.2 Å². The molecule has 3 aromatic rings. The zero-order valence-electron chi connectivity index (χ0n) is 14.6. The number of carbonyl (C=O) groups is 1. The molecule has 0 atom stereocenters. The number of alkyl halides is 2. The summed E-state index contributed by atoms with van der Waals surface area (Å²) in [5.74, 6) is 0.645. The van der Waals surface area contributed by atoms with Crippen LogP contribution in [0.3, 0.4) is 0 Å². The van der Waals surface area contributed by atoms with Crippen LogP contribution in [0.5, 0.6) is 5.75 Å². The van der Waals surface area contributed by atoms with Crippen molar-refractivity contribution in [3.8, 4) is 5.75 Å². The van der Waals surface area contributed by atoms with E-state index in [0.717, 1.165) is 4.31 Å². The van der Waals surface area contributed by atoms with Gasteiger partial charge >= 0.3 is 12.6 Å². The minimum absolute atomic E-state index is 0.0236. The second-order valence-corrected chi connectivity index (χ2v) is 5.85. The van der Waals surface area contributed by atoms with Gasteiger partial charge < -0.3 is 15.4 Å². The molecule has 146 valence electrons. The number of nitrogens with one attached hydrogen (secondary N) is 2. The van der Waals surface area contributed by atoms with Crippen molar-refractivity contribution in [2.24, 2.45) is 0 Å². The SMILES string of the molecule is CCNC(=O)N(S)c1cnc2ccc(Nc3cccc(OC(F)F)c3)nc2n1. The maximum atomic E-state index is 12.4. The van der Waals surface area contributed by atoms with E-state index in [1.54, 1.807) is 31.2 Å². The van der Waals surface area contributed by atoms with Crippen LogP contribution in [0.2, 0.25) is 0 Å². The molecule has 28 heavy (non-hydrogen) atoms. The molecule has 2 N–H and O–H groups in total. The van der Waals surface area contributed by atoms with Gasteiger partial charge in [-0.15, -0.1) is 0 Å². The molecule has 2 amide bonds. The summed E-state index contributed by atoms with van der Waals surface area (Å²) < 4.78 is 30.1. The van der Waals surface area contributed by atoms with Crippen molar-refractivity contribution in [3.63, 3.8) is 0 Å². The highest BCUT2D eigenvalue weighted by atomic mass is 32.1. The lowest BCUT2D eigenvalue weighted by atomic mass is 10.3. The van der Waals surface area contributed by atoms with Gasteiger partial charge in [-0.1, -0.05) is 18.9 Å². The number of hydrogen-bond acceptors (Lipinski definition) is 7. The van der Waals surface area contributed by atoms with E-state index < -0.39 is 12.6 Å². The van der Waals surface area contributed by atoms with Crippen molar-refractivity contribution in [1.82, 2.24) is 20.3 Å². The summed E-state index contributed by atoms with van der Waals surface area (Å²) in [6, 6.07) is 9.01. The molecular formula is C17H16F2N6O2S. The summed E-state index contributed by atoms with van der Waals surface area (Å²) in [4.78, 5) is 24.7. The minimum Gasteiger partial charge on any atom is -0.435 e. The molecule has 0 fully saturated rings. The summed E-state index contributed by atoms with van der Waals surface area (Å²) in [5.41, 5.74) is 1.31. The third-order valence-electron chi connectivity index (χ3n) is 3.46. The first-order chi connectivity index (χ1) is 13.5. The van der Waals surface area contributed by atoms with Crippen LogP contribution in [-0.2, 0) is 0 Å². The second kappa shape index (κ2) is 8.65. The zero-order chi connectivity index (χ0) is 20.1. The summed E-state index contributed by atoms with van der Waals surface area (Å²) >= 11 is 4.12. The molecule has 0 radical (unpaired) electrons. The van der Waals surface area contributed by atoms with Gasteiger partial charge in [-0.25, -0.2) is 24.1 Å². The predicted molar refractivity (Wildman–Crippen MR) is 104 cm³/mol. The van der Waals surface area contributed by atoms with E-state index in [0.29, 0.717) is 23.6 Å². The molecule has 0 aliphatic rings. The maximum absolute atomic E-state index is 12.4. The van der Waals surface area contributed by atoms with Crippen molar-refractivity contribution >= 4 is 47.3 Å². The summed E-state index contributed by atoms with van der Waals surface area (Å²) in [6.45, 7) is -0.680. The molecule has 1 aromatic carbocycles. The van der Waals surface area contributed by atoms with Crippen LogP contribution >= 0.6 is 12.8 Å². The number of thiol groups is 1. The van der Waals surface area contributed by atoms with Gasteiger partial charge in [0.05, 0.1) is 6.20 Å². The zero-order valence-corrected chi connectivity index (χ0v) is 15.5. The van der Waals surface area contributed by atoms with E-state index in [4.69, 9.17) is 0 Å². The standard InChI is InChI=1S/C17H16F2N6O2S/c1-2-20-17(26)25(28)14-9-21-12-6-7-13(23-15(12)24-14)22-10-4-3-5-11(8-10)27-16(18)19/h3-9,16,28H,2H2,1H3,(H,20,26)(H,22,23,24). The Kier molecular flexibility index (Phi) is 6.04. The molecule has 0 saturated heterocycles. The Morgan fingerprint density at radius 3 is 2.86 bits per heavy atom. The highest BCUT2D eigenvalue weighted by molar-refractivity contribution is 7.82. The molecule has 0 unspecified atom stereocenters. The van der Waals surface area contributed by atoms with Crippen molar-refractivity contribution in [1.29, 1.82) is 0 Å². The molecule has 2 aromatic heterocycles. The number of benzene rings is 1. The number of pyridine rings is 1. The number of fused-ring (bicyclic) bond motifs is 1. The molecule has 2 heterocycles. The van der Waals surface area contributed by atoms with E-state index in [2.05, 4.69) is 43.1 Å². The average molecular weight is 406 g/mol. The van der Waals surface area contributed by atoms with Crippen molar-refractivity contribution < 1.29 is 18.3 Å². The predicted octanol–water partition coefficient (Wildman–Crippen LogP) is 3.75. The van der Waals surface area contributed by atoms with Crippen molar-refractivity contribution in [2.45, 2.75) is 13.5 Å². The molecule has 11 heteroatoms. The van der Waals surface area contributed by atoms with Crippen LogP contribution < -0.4 is 19.7 Å². The number of nitrogens with zero attached hydrogens (tertiary/aromatic N) is 4. The van der Waals surface area contributed by atoms with Gasteiger partial charge in [0.15, 0.2) is 11.5 Å². The second-order valence-electron chi connectivity index (χ2n) is 5.45. The number of amides is 2. The Hall–Kier alpha value is -3.21. The fourth-order valence-corrected chi connectivity index (χ4v) is 2.46. The highest BCUT2D eigenvalue weighted by Gasteiger charge is 2.14. The van der Waals surface area contributed by atoms with E-state index in [9.17, 15) is 13.6 Å². The Balaban J connectivity index is 1.84.